The normalized spacial score (nSPS) is 21.5. The zero-order valence-electron chi connectivity index (χ0n) is 71.8. The largest absolute Gasteiger partial charge is 0.458 e. The highest BCUT2D eigenvalue weighted by Crippen LogP contribution is 2.25. The number of carbonyl (C=O) groups excluding carboxylic acids is 14. The second-order valence-corrected chi connectivity index (χ2v) is 35.3. The van der Waals surface area contributed by atoms with Gasteiger partial charge in [0.25, 0.3) is 5.91 Å². The molecule has 32 heteroatoms. The molecule has 1 aromatic carbocycles. The van der Waals surface area contributed by atoms with Gasteiger partial charge >= 0.3 is 5.97 Å². The monoisotopic (exact) mass is 1670 g/mol. The summed E-state index contributed by atoms with van der Waals surface area (Å²) in [5, 5.41) is 47.9. The Labute approximate surface area is 698 Å². The molecular weight excluding hydrogens is 1540 g/mol. The van der Waals surface area contributed by atoms with Crippen LogP contribution in [-0.4, -0.2) is 195 Å². The summed E-state index contributed by atoms with van der Waals surface area (Å²) in [4.78, 5) is 210. The molecule has 0 aliphatic carbocycles. The lowest BCUT2D eigenvalue weighted by Gasteiger charge is -2.34. The number of likely N-dealkylation sites (tertiary alicyclic amines) is 1. The lowest BCUT2D eigenvalue weighted by atomic mass is 9.95. The van der Waals surface area contributed by atoms with E-state index in [-0.39, 0.29) is 50.3 Å². The Hall–Kier alpha value is -9.14. The van der Waals surface area contributed by atoms with Crippen LogP contribution in [0, 0.1) is 47.3 Å². The smallest absolute Gasteiger partial charge is 0.329 e. The summed E-state index contributed by atoms with van der Waals surface area (Å²) in [6, 6.07) is 0.191. The van der Waals surface area contributed by atoms with Crippen LogP contribution in [0.2, 0.25) is 0 Å². The van der Waals surface area contributed by atoms with Crippen LogP contribution < -0.4 is 63.8 Å². The van der Waals surface area contributed by atoms with Crippen molar-refractivity contribution in [3.8, 4) is 0 Å². The molecule has 16 atom stereocenters. The van der Waals surface area contributed by atoms with E-state index in [2.05, 4.69) is 68.7 Å². The number of aliphatic hydroxyl groups excluding tert-OH is 1. The molecule has 2 aliphatic heterocycles. The van der Waals surface area contributed by atoms with Crippen molar-refractivity contribution in [2.24, 2.45) is 47.3 Å². The van der Waals surface area contributed by atoms with Gasteiger partial charge in [-0.15, -0.1) is 22.7 Å². The molecule has 4 heterocycles. The summed E-state index contributed by atoms with van der Waals surface area (Å²) in [5.41, 5.74) is 0.373. The highest BCUT2D eigenvalue weighted by molar-refractivity contribution is 7.10. The van der Waals surface area contributed by atoms with Crippen LogP contribution in [-0.2, 0) is 91.4 Å². The molecule has 2 aliphatic rings. The van der Waals surface area contributed by atoms with E-state index in [9.17, 15) is 48.3 Å². The van der Waals surface area contributed by atoms with E-state index >= 15 is 24.0 Å². The minimum atomic E-state index is -1.84. The number of hydrogen-bond donors (Lipinski definition) is 13. The number of cyclic esters (lactones) is 1. The zero-order chi connectivity index (χ0) is 87.2. The average Bonchev–Trinajstić information content (AvgIpc) is 1.78. The quantitative estimate of drug-likeness (QED) is 0.0241. The molecule has 3 aromatic rings. The highest BCUT2D eigenvalue weighted by Gasteiger charge is 2.45. The zero-order valence-corrected chi connectivity index (χ0v) is 73.4. The van der Waals surface area contributed by atoms with E-state index in [0.717, 1.165) is 16.2 Å². The van der Waals surface area contributed by atoms with Crippen LogP contribution in [0.5, 0.6) is 0 Å². The molecule has 0 spiro atoms. The number of ether oxygens (including phenoxy) is 1. The summed E-state index contributed by atoms with van der Waals surface area (Å²) in [6.07, 6.45) is 1.17. The summed E-state index contributed by atoms with van der Waals surface area (Å²) in [6.45, 7) is 33.5. The molecule has 0 saturated carbocycles. The molecule has 30 nitrogen and oxygen atoms in total. The topological polar surface area (TPSA) is 419 Å². The first kappa shape index (κ1) is 98.4. The van der Waals surface area contributed by atoms with Gasteiger partial charge in [-0.05, 0) is 135 Å². The van der Waals surface area contributed by atoms with Crippen LogP contribution in [0.25, 0.3) is 0 Å². The maximum atomic E-state index is 15.5. The van der Waals surface area contributed by atoms with Gasteiger partial charge in [-0.25, -0.2) is 4.79 Å². The van der Waals surface area contributed by atoms with E-state index in [0.29, 0.717) is 56.8 Å². The fourth-order valence-electron chi connectivity index (χ4n) is 13.8. The second-order valence-electron chi connectivity index (χ2n) is 33.3. The van der Waals surface area contributed by atoms with Gasteiger partial charge in [-0.3, -0.25) is 67.2 Å². The van der Waals surface area contributed by atoms with E-state index in [1.54, 1.807) is 150 Å². The molecule has 13 N–H and O–H groups in total. The van der Waals surface area contributed by atoms with Crippen molar-refractivity contribution in [1.29, 1.82) is 0 Å². The number of esters is 1. The molecule has 5 rings (SSSR count). The third kappa shape index (κ3) is 30.3. The standard InChI is InChI=1S/C85H132N14O16S2/c1-20-52(16)69(81(110)97-72-55(19)115-85(114)68(51(14)15)93-73(102)59(22-3)86-75(104)61(43-56-32-24-23-25-33-56)88-77(106)65(48(8)9)90-80(109)70(53(17)21-2)95-83(72)112)94-74(103)60(36-27-39-98(44-57-34-29-41-116-57)45-58-35-30-42-117-58)87-76(105)62-37-28-40-99(62)84(113)67(50(12)13)92-79(108)66(49(10)11)91-82(111)71(54(18)100)96-78(107)64(47(6)7)89-63(101)38-26-31-46(4)5/h22-25,29-30,32-35,41-42,46-55,60-62,64-72,100H,20-21,26-28,31,36-40,43-45H2,1-19H3,(H,86,104)(H,87,105)(H,88,106)(H,89,101)(H,90,109)(H,91,111)(H,92,108)(H,93,102)(H,94,103)(H,95,112)(H,96,107)(H,97,110)/b59-22-/t52-,53-,54+,55+,60-,61-,62+,64+,65+,66-,67+,68-,69+,70+,71-,72+/m0/s1. The lowest BCUT2D eigenvalue weighted by molar-refractivity contribution is -0.157. The van der Waals surface area contributed by atoms with Crippen molar-refractivity contribution < 1.29 is 77.0 Å². The number of carbonyl (C=O) groups is 14. The van der Waals surface area contributed by atoms with Crippen LogP contribution >= 0.6 is 22.7 Å². The van der Waals surface area contributed by atoms with Crippen LogP contribution in [0.4, 0.5) is 0 Å². The third-order valence-corrected chi connectivity index (χ3v) is 23.2. The first-order chi connectivity index (χ1) is 55.2. The Bertz CT molecular complexity index is 3780. The summed E-state index contributed by atoms with van der Waals surface area (Å²) in [7, 11) is 0. The van der Waals surface area contributed by atoms with Gasteiger partial charge < -0.3 is 78.5 Å². The Kier molecular flexibility index (Phi) is 40.4. The fraction of sp³-hybridized carbons (Fsp3) is 0.647. The molecule has 117 heavy (non-hydrogen) atoms. The lowest BCUT2D eigenvalue weighted by Crippen LogP contribution is -2.64. The van der Waals surface area contributed by atoms with Crippen molar-refractivity contribution in [3.63, 3.8) is 0 Å². The SMILES string of the molecule is C/C=C1\NC(=O)[C@H](Cc2ccccc2)NC(=O)[C@@H](C(C)C)NC(=O)[C@@H]([C@@H](C)CC)NC(=O)[C@H](NC(=O)[C@H](NC(=O)[C@H](CCCN(Cc2cccs2)Cc2cccs2)NC(=O)[C@H]2CCCN2C(=O)[C@H](NC(=O)[C@@H](NC(=O)[C@@H](NC(=O)[C@H](NC(=O)CCCC(C)C)C(C)C)[C@@H](C)O)C(C)C)C(C)C)[C@@H](C)CC)[C@@H](C)OC(=O)[C@H](C(C)C)NC1=O. The maximum Gasteiger partial charge on any atom is 0.329 e. The average molecular weight is 1670 g/mol. The molecule has 13 amide bonds. The van der Waals surface area contributed by atoms with Crippen molar-refractivity contribution in [2.45, 2.75) is 294 Å². The number of aliphatic hydroxyl groups is 1. The summed E-state index contributed by atoms with van der Waals surface area (Å²) >= 11 is 3.17. The molecule has 0 unspecified atom stereocenters. The van der Waals surface area contributed by atoms with E-state index in [4.69, 9.17) is 4.74 Å². The van der Waals surface area contributed by atoms with E-state index in [1.165, 1.54) is 31.7 Å². The van der Waals surface area contributed by atoms with Gasteiger partial charge in [0.05, 0.1) is 6.10 Å². The van der Waals surface area contributed by atoms with Gasteiger partial charge in [-0.1, -0.05) is 179 Å². The third-order valence-electron chi connectivity index (χ3n) is 21.4. The molecule has 2 aromatic heterocycles. The van der Waals surface area contributed by atoms with Crippen LogP contribution in [0.3, 0.4) is 0 Å². The van der Waals surface area contributed by atoms with Gasteiger partial charge in [0.2, 0.25) is 70.9 Å². The first-order valence-corrected chi connectivity index (χ1v) is 43.3. The van der Waals surface area contributed by atoms with Gasteiger partial charge in [0.15, 0.2) is 0 Å². The Balaban J connectivity index is 1.50. The number of benzene rings is 1. The molecule has 0 radical (unpaired) electrons. The molecule has 2 fully saturated rings. The predicted molar refractivity (Wildman–Crippen MR) is 449 cm³/mol. The number of nitrogens with zero attached hydrogens (tertiary/aromatic N) is 2. The van der Waals surface area contributed by atoms with Crippen LogP contribution in [0.1, 0.15) is 205 Å². The Morgan fingerprint density at radius 3 is 1.67 bits per heavy atom. The summed E-state index contributed by atoms with van der Waals surface area (Å²) < 4.78 is 6.06. The second kappa shape index (κ2) is 48.1. The molecule has 2 saturated heterocycles. The number of hydrogen-bond acceptors (Lipinski definition) is 19. The molecular formula is C85H132N14O16S2. The van der Waals surface area contributed by atoms with Crippen molar-refractivity contribution in [2.75, 3.05) is 13.1 Å². The van der Waals surface area contributed by atoms with Crippen molar-refractivity contribution >= 4 is 105 Å². The minimum absolute atomic E-state index is 0.00136. The van der Waals surface area contributed by atoms with Gasteiger partial charge in [0.1, 0.15) is 84.3 Å². The fourth-order valence-corrected chi connectivity index (χ4v) is 15.3. The number of thiophene rings is 2. The van der Waals surface area contributed by atoms with Gasteiger partial charge in [-0.2, -0.15) is 0 Å². The molecule has 0 bridgehead atoms. The predicted octanol–water partition coefficient (Wildman–Crippen LogP) is 5.70. The van der Waals surface area contributed by atoms with Crippen molar-refractivity contribution in [3.05, 3.63) is 92.4 Å². The van der Waals surface area contributed by atoms with Crippen LogP contribution in [0.15, 0.2) is 77.1 Å². The van der Waals surface area contributed by atoms with Gasteiger partial charge in [0, 0.05) is 42.2 Å². The highest BCUT2D eigenvalue weighted by atomic mass is 32.1. The number of amides is 13. The molecule has 650 valence electrons. The Morgan fingerprint density at radius 1 is 0.590 bits per heavy atom. The number of allylic oxidation sites excluding steroid dienone is 1. The minimum Gasteiger partial charge on any atom is -0.458 e. The number of rotatable bonds is 38. The maximum absolute atomic E-state index is 15.5. The Morgan fingerprint density at radius 2 is 1.14 bits per heavy atom. The van der Waals surface area contributed by atoms with Crippen molar-refractivity contribution in [1.82, 2.24) is 73.6 Å². The number of nitrogens with one attached hydrogen (secondary N) is 12. The van der Waals surface area contributed by atoms with E-state index < -0.39 is 203 Å². The summed E-state index contributed by atoms with van der Waals surface area (Å²) in [5.74, 6) is -15.1. The first-order valence-electron chi connectivity index (χ1n) is 41.5. The van der Waals surface area contributed by atoms with E-state index in [1.807, 2.05) is 48.9 Å².